The Labute approximate surface area is 202 Å². The lowest BCUT2D eigenvalue weighted by molar-refractivity contribution is -0.191. The van der Waals surface area contributed by atoms with E-state index < -0.39 is 5.60 Å². The van der Waals surface area contributed by atoms with E-state index in [1.807, 2.05) is 12.3 Å². The maximum atomic E-state index is 11.6. The van der Waals surface area contributed by atoms with E-state index in [1.165, 1.54) is 6.92 Å². The first-order valence-electron chi connectivity index (χ1n) is 12.3. The van der Waals surface area contributed by atoms with Crippen LogP contribution < -0.4 is 10.1 Å². The number of rotatable bonds is 4. The van der Waals surface area contributed by atoms with Gasteiger partial charge in [0, 0.05) is 60.6 Å². The van der Waals surface area contributed by atoms with Gasteiger partial charge in [0.05, 0.1) is 49.5 Å². The van der Waals surface area contributed by atoms with Crippen molar-refractivity contribution in [3.8, 4) is 17.0 Å². The standard InChI is InChI=1S/C26H28N4O5/c1-15(31)29-23-6-18-19(10-27-21(18)11-28-23)20-7-22(35-16-8-25(9-16)12-33-13-25)17-2-4-34-26(24(17)30-20)3-5-32-14-26/h6-7,10-11,16,27H,2-5,8-9,12-14H2,1H3,(H,28,29,31). The molecule has 1 aliphatic carbocycles. The highest BCUT2D eigenvalue weighted by Crippen LogP contribution is 2.50. The zero-order valence-corrected chi connectivity index (χ0v) is 19.7. The zero-order chi connectivity index (χ0) is 23.6. The van der Waals surface area contributed by atoms with Crippen LogP contribution in [0.2, 0.25) is 0 Å². The predicted octanol–water partition coefficient (Wildman–Crippen LogP) is 3.33. The average Bonchev–Trinajstić information content (AvgIpc) is 3.42. The summed E-state index contributed by atoms with van der Waals surface area (Å²) < 4.78 is 24.2. The number of H-pyrrole nitrogens is 1. The molecule has 35 heavy (non-hydrogen) atoms. The van der Waals surface area contributed by atoms with E-state index in [0.29, 0.717) is 31.1 Å². The van der Waals surface area contributed by atoms with Crippen LogP contribution in [-0.2, 0) is 31.0 Å². The maximum absolute atomic E-state index is 11.6. The van der Waals surface area contributed by atoms with Crippen molar-refractivity contribution >= 4 is 22.6 Å². The van der Waals surface area contributed by atoms with Gasteiger partial charge < -0.3 is 29.2 Å². The van der Waals surface area contributed by atoms with Gasteiger partial charge in [-0.25, -0.2) is 9.97 Å². The minimum atomic E-state index is -0.528. The van der Waals surface area contributed by atoms with Crippen molar-refractivity contribution in [1.29, 1.82) is 0 Å². The maximum Gasteiger partial charge on any atom is 0.222 e. The Balaban J connectivity index is 1.32. The van der Waals surface area contributed by atoms with Crippen LogP contribution >= 0.6 is 0 Å². The third kappa shape index (κ3) is 3.44. The van der Waals surface area contributed by atoms with Crippen molar-refractivity contribution in [2.24, 2.45) is 5.41 Å². The van der Waals surface area contributed by atoms with Gasteiger partial charge in [-0.05, 0) is 18.9 Å². The number of aromatic amines is 1. The molecule has 4 aliphatic rings. The monoisotopic (exact) mass is 476 g/mol. The number of anilines is 1. The summed E-state index contributed by atoms with van der Waals surface area (Å²) in [6.45, 7) is 4.97. The van der Waals surface area contributed by atoms with Crippen molar-refractivity contribution in [1.82, 2.24) is 15.0 Å². The molecule has 3 aliphatic heterocycles. The number of nitrogens with zero attached hydrogens (tertiary/aromatic N) is 2. The Bertz CT molecular complexity index is 1320. The summed E-state index contributed by atoms with van der Waals surface area (Å²) in [6, 6.07) is 3.94. The molecule has 3 aromatic heterocycles. The minimum absolute atomic E-state index is 0.160. The topological polar surface area (TPSA) is 108 Å². The highest BCUT2D eigenvalue weighted by Gasteiger charge is 2.51. The van der Waals surface area contributed by atoms with E-state index in [-0.39, 0.29) is 12.0 Å². The Kier molecular flexibility index (Phi) is 4.71. The van der Waals surface area contributed by atoms with Crippen molar-refractivity contribution in [3.63, 3.8) is 0 Å². The van der Waals surface area contributed by atoms with Gasteiger partial charge in [-0.15, -0.1) is 0 Å². The van der Waals surface area contributed by atoms with E-state index in [9.17, 15) is 4.79 Å². The largest absolute Gasteiger partial charge is 0.490 e. The van der Waals surface area contributed by atoms with Crippen LogP contribution in [-0.4, -0.2) is 60.0 Å². The molecule has 0 aromatic carbocycles. The molecule has 1 unspecified atom stereocenters. The lowest BCUT2D eigenvalue weighted by atomic mass is 9.65. The Hall–Kier alpha value is -3.01. The number of amides is 1. The van der Waals surface area contributed by atoms with Crippen molar-refractivity contribution in [2.45, 2.75) is 44.3 Å². The molecule has 3 aromatic rings. The molecule has 0 radical (unpaired) electrons. The van der Waals surface area contributed by atoms with Gasteiger partial charge in [0.2, 0.25) is 5.91 Å². The number of pyridine rings is 2. The molecular weight excluding hydrogens is 448 g/mol. The number of carbonyl (C=O) groups is 1. The summed E-state index contributed by atoms with van der Waals surface area (Å²) in [4.78, 5) is 24.4. The summed E-state index contributed by atoms with van der Waals surface area (Å²) in [7, 11) is 0. The second kappa shape index (κ2) is 7.74. The lowest BCUT2D eigenvalue weighted by Crippen LogP contribution is -2.56. The molecule has 6 heterocycles. The fraction of sp³-hybridized carbons (Fsp3) is 0.500. The number of carbonyl (C=O) groups excluding carboxylic acids is 1. The van der Waals surface area contributed by atoms with Crippen LogP contribution in [0.5, 0.6) is 5.75 Å². The molecule has 3 fully saturated rings. The Morgan fingerprint density at radius 1 is 1.20 bits per heavy atom. The summed E-state index contributed by atoms with van der Waals surface area (Å²) >= 11 is 0. The van der Waals surface area contributed by atoms with Gasteiger partial charge in [0.25, 0.3) is 0 Å². The average molecular weight is 477 g/mol. The highest BCUT2D eigenvalue weighted by atomic mass is 16.6. The molecule has 1 atom stereocenters. The van der Waals surface area contributed by atoms with Crippen LogP contribution in [0.1, 0.15) is 37.4 Å². The smallest absolute Gasteiger partial charge is 0.222 e. The van der Waals surface area contributed by atoms with Gasteiger partial charge in [-0.3, -0.25) is 4.79 Å². The molecule has 1 saturated carbocycles. The number of aromatic nitrogens is 3. The van der Waals surface area contributed by atoms with Crippen molar-refractivity contribution in [2.75, 3.05) is 38.4 Å². The third-order valence-corrected chi connectivity index (χ3v) is 7.81. The normalized spacial score (nSPS) is 24.8. The van der Waals surface area contributed by atoms with E-state index in [1.54, 1.807) is 6.20 Å². The number of fused-ring (bicyclic) bond motifs is 3. The van der Waals surface area contributed by atoms with Crippen molar-refractivity contribution < 1.29 is 23.7 Å². The van der Waals surface area contributed by atoms with E-state index in [2.05, 4.69) is 21.4 Å². The summed E-state index contributed by atoms with van der Waals surface area (Å²) in [5.74, 6) is 1.24. The number of ether oxygens (including phenoxy) is 4. The lowest BCUT2D eigenvalue weighted by Gasteiger charge is -2.52. The molecule has 9 heteroatoms. The predicted molar refractivity (Wildman–Crippen MR) is 127 cm³/mol. The van der Waals surface area contributed by atoms with Crippen LogP contribution in [0.4, 0.5) is 5.82 Å². The van der Waals surface area contributed by atoms with Crippen LogP contribution in [0.25, 0.3) is 22.2 Å². The molecule has 182 valence electrons. The van der Waals surface area contributed by atoms with Crippen LogP contribution in [0, 0.1) is 5.41 Å². The van der Waals surface area contributed by atoms with Gasteiger partial charge in [-0.1, -0.05) is 0 Å². The minimum Gasteiger partial charge on any atom is -0.490 e. The molecule has 2 saturated heterocycles. The summed E-state index contributed by atoms with van der Waals surface area (Å²) in [5.41, 5.74) is 4.48. The Morgan fingerprint density at radius 2 is 2.09 bits per heavy atom. The first-order chi connectivity index (χ1) is 17.0. The first kappa shape index (κ1) is 21.3. The fourth-order valence-electron chi connectivity index (χ4n) is 5.95. The molecule has 2 N–H and O–H groups in total. The van der Waals surface area contributed by atoms with Gasteiger partial charge >= 0.3 is 0 Å². The van der Waals surface area contributed by atoms with E-state index in [4.69, 9.17) is 23.9 Å². The number of hydrogen-bond donors (Lipinski definition) is 2. The third-order valence-electron chi connectivity index (χ3n) is 7.81. The quantitative estimate of drug-likeness (QED) is 0.595. The number of hydrogen-bond acceptors (Lipinski definition) is 7. The zero-order valence-electron chi connectivity index (χ0n) is 19.7. The summed E-state index contributed by atoms with van der Waals surface area (Å²) in [5, 5.41) is 3.71. The second-order valence-corrected chi connectivity index (χ2v) is 10.4. The van der Waals surface area contributed by atoms with Gasteiger partial charge in [0.15, 0.2) is 0 Å². The number of nitrogens with one attached hydrogen (secondary N) is 2. The van der Waals surface area contributed by atoms with Gasteiger partial charge in [0.1, 0.15) is 23.3 Å². The first-order valence-corrected chi connectivity index (χ1v) is 12.3. The molecular formula is C26H28N4O5. The van der Waals surface area contributed by atoms with Gasteiger partial charge in [-0.2, -0.15) is 0 Å². The van der Waals surface area contributed by atoms with E-state index >= 15 is 0 Å². The van der Waals surface area contributed by atoms with Crippen LogP contribution in [0.3, 0.4) is 0 Å². The molecule has 2 spiro atoms. The molecule has 1 amide bonds. The van der Waals surface area contributed by atoms with Crippen molar-refractivity contribution in [3.05, 3.63) is 35.8 Å². The fourth-order valence-corrected chi connectivity index (χ4v) is 5.95. The second-order valence-electron chi connectivity index (χ2n) is 10.4. The van der Waals surface area contributed by atoms with Crippen LogP contribution in [0.15, 0.2) is 24.5 Å². The molecule has 0 bridgehead atoms. The SMILES string of the molecule is CC(=O)Nc1cc2c(-c3cc(OC4CC5(COC5)C4)c4c(n3)C3(CCOC3)OCC4)c[nH]c2cn1. The van der Waals surface area contributed by atoms with E-state index in [0.717, 1.165) is 78.1 Å². The molecule has 7 rings (SSSR count). The Morgan fingerprint density at radius 3 is 2.83 bits per heavy atom. The molecule has 9 nitrogen and oxygen atoms in total. The highest BCUT2D eigenvalue weighted by molar-refractivity contribution is 5.97. The summed E-state index contributed by atoms with van der Waals surface area (Å²) in [6.07, 6.45) is 7.47.